The van der Waals surface area contributed by atoms with Crippen molar-refractivity contribution < 1.29 is 8.42 Å². The summed E-state index contributed by atoms with van der Waals surface area (Å²) in [5.74, 6) is 0. The van der Waals surface area contributed by atoms with Crippen LogP contribution in [0.3, 0.4) is 0 Å². The van der Waals surface area contributed by atoms with Gasteiger partial charge >= 0.3 is 0 Å². The predicted molar refractivity (Wildman–Crippen MR) is 66.4 cm³/mol. The first-order valence-electron chi connectivity index (χ1n) is 5.29. The van der Waals surface area contributed by atoms with Crippen LogP contribution in [-0.2, 0) is 10.0 Å². The van der Waals surface area contributed by atoms with Gasteiger partial charge < -0.3 is 0 Å². The molecule has 0 unspecified atom stereocenters. The van der Waals surface area contributed by atoms with Gasteiger partial charge in [0.2, 0.25) is 10.0 Å². The molecule has 0 radical (unpaired) electrons. The number of hydrogen-bond acceptors (Lipinski definition) is 3. The number of hydrogen-bond donors (Lipinski definition) is 0. The van der Waals surface area contributed by atoms with Crippen LogP contribution in [0.2, 0.25) is 5.02 Å². The summed E-state index contributed by atoms with van der Waals surface area (Å²) < 4.78 is 26.2. The summed E-state index contributed by atoms with van der Waals surface area (Å²) in [6.45, 7) is 3.89. The van der Waals surface area contributed by atoms with Crippen LogP contribution >= 0.6 is 11.6 Å². The lowest BCUT2D eigenvalue weighted by Gasteiger charge is -2.20. The van der Waals surface area contributed by atoms with Crippen molar-refractivity contribution in [3.8, 4) is 0 Å². The number of halogens is 1. The molecule has 1 aromatic rings. The Bertz CT molecular complexity index is 526. The van der Waals surface area contributed by atoms with Gasteiger partial charge in [-0.15, -0.1) is 6.58 Å². The van der Waals surface area contributed by atoms with Crippen molar-refractivity contribution in [3.63, 3.8) is 0 Å². The Kier molecular flexibility index (Phi) is 3.51. The van der Waals surface area contributed by atoms with Crippen LogP contribution < -0.4 is 0 Å². The molecule has 1 aliphatic rings. The second-order valence-electron chi connectivity index (χ2n) is 3.90. The van der Waals surface area contributed by atoms with E-state index in [0.29, 0.717) is 6.54 Å². The van der Waals surface area contributed by atoms with Gasteiger partial charge in [-0.2, -0.15) is 4.31 Å². The van der Waals surface area contributed by atoms with Crippen molar-refractivity contribution in [2.45, 2.75) is 23.8 Å². The van der Waals surface area contributed by atoms with Gasteiger partial charge in [0.15, 0.2) is 0 Å². The fourth-order valence-corrected chi connectivity index (χ4v) is 3.68. The molecule has 0 aromatic carbocycles. The van der Waals surface area contributed by atoms with Gasteiger partial charge in [-0.1, -0.05) is 17.7 Å². The highest BCUT2D eigenvalue weighted by Gasteiger charge is 2.38. The van der Waals surface area contributed by atoms with Crippen molar-refractivity contribution in [2.24, 2.45) is 0 Å². The first-order valence-corrected chi connectivity index (χ1v) is 7.11. The Morgan fingerprint density at radius 3 is 2.82 bits per heavy atom. The van der Waals surface area contributed by atoms with Crippen molar-refractivity contribution in [1.82, 2.24) is 9.29 Å². The number of sulfonamides is 1. The van der Waals surface area contributed by atoms with Crippen molar-refractivity contribution in [3.05, 3.63) is 36.1 Å². The van der Waals surface area contributed by atoms with Gasteiger partial charge in [-0.3, -0.25) is 4.98 Å². The van der Waals surface area contributed by atoms with Crippen LogP contribution in [-0.4, -0.2) is 30.3 Å². The van der Waals surface area contributed by atoms with E-state index in [1.807, 2.05) is 0 Å². The van der Waals surface area contributed by atoms with E-state index in [1.165, 1.54) is 22.8 Å². The van der Waals surface area contributed by atoms with E-state index in [1.54, 1.807) is 6.08 Å². The summed E-state index contributed by atoms with van der Waals surface area (Å²) in [6.07, 6.45) is 6.13. The highest BCUT2D eigenvalue weighted by molar-refractivity contribution is 7.89. The fraction of sp³-hybridized carbons (Fsp3) is 0.364. The third-order valence-corrected chi connectivity index (χ3v) is 4.97. The van der Waals surface area contributed by atoms with E-state index < -0.39 is 10.0 Å². The predicted octanol–water partition coefficient (Wildman–Crippen LogP) is 2.07. The van der Waals surface area contributed by atoms with Gasteiger partial charge in [-0.25, -0.2) is 8.42 Å². The van der Waals surface area contributed by atoms with E-state index in [-0.39, 0.29) is 16.0 Å². The summed E-state index contributed by atoms with van der Waals surface area (Å²) >= 11 is 5.91. The van der Waals surface area contributed by atoms with Crippen LogP contribution in [0.4, 0.5) is 0 Å². The normalized spacial score (nSPS) is 16.1. The summed E-state index contributed by atoms with van der Waals surface area (Å²) in [5, 5.41) is 0.203. The number of nitrogens with zero attached hydrogens (tertiary/aromatic N) is 2. The van der Waals surface area contributed by atoms with Gasteiger partial charge in [-0.05, 0) is 18.9 Å². The molecular formula is C11H13ClN2O2S. The molecule has 1 aliphatic carbocycles. The van der Waals surface area contributed by atoms with E-state index in [4.69, 9.17) is 11.6 Å². The van der Waals surface area contributed by atoms with Crippen LogP contribution in [0.5, 0.6) is 0 Å². The van der Waals surface area contributed by atoms with Crippen LogP contribution in [0.1, 0.15) is 12.8 Å². The zero-order chi connectivity index (χ0) is 12.5. The lowest BCUT2D eigenvalue weighted by Crippen LogP contribution is -2.33. The summed E-state index contributed by atoms with van der Waals surface area (Å²) in [5.41, 5.74) is 0. The lowest BCUT2D eigenvalue weighted by atomic mass is 10.5. The fourth-order valence-electron chi connectivity index (χ4n) is 1.61. The quantitative estimate of drug-likeness (QED) is 0.771. The second kappa shape index (κ2) is 4.76. The maximum atomic E-state index is 12.4. The SMILES string of the molecule is C=CCN(C1CC1)S(=O)(=O)c1cnccc1Cl. The Balaban J connectivity index is 2.40. The van der Waals surface area contributed by atoms with E-state index >= 15 is 0 Å². The first-order chi connectivity index (χ1) is 8.07. The average molecular weight is 273 g/mol. The molecular weight excluding hydrogens is 260 g/mol. The van der Waals surface area contributed by atoms with Crippen molar-refractivity contribution >= 4 is 21.6 Å². The van der Waals surface area contributed by atoms with Crippen LogP contribution in [0, 0.1) is 0 Å². The minimum Gasteiger partial charge on any atom is -0.263 e. The number of rotatable bonds is 5. The Hall–Kier alpha value is -0.910. The van der Waals surface area contributed by atoms with Gasteiger partial charge in [0.25, 0.3) is 0 Å². The standard InChI is InChI=1S/C11H13ClN2O2S/c1-2-7-14(9-3-4-9)17(15,16)11-8-13-6-5-10(11)12/h2,5-6,8-9H,1,3-4,7H2. The molecule has 0 spiro atoms. The number of pyridine rings is 1. The first kappa shape index (κ1) is 12.5. The van der Waals surface area contributed by atoms with E-state index in [0.717, 1.165) is 12.8 Å². The summed E-state index contributed by atoms with van der Waals surface area (Å²) in [4.78, 5) is 3.88. The molecule has 0 amide bonds. The zero-order valence-corrected chi connectivity index (χ0v) is 10.8. The van der Waals surface area contributed by atoms with Crippen LogP contribution in [0.25, 0.3) is 0 Å². The molecule has 2 rings (SSSR count). The molecule has 1 aromatic heterocycles. The molecule has 1 fully saturated rings. The third kappa shape index (κ3) is 2.51. The molecule has 0 N–H and O–H groups in total. The maximum absolute atomic E-state index is 12.4. The molecule has 17 heavy (non-hydrogen) atoms. The molecule has 6 heteroatoms. The average Bonchev–Trinajstić information content (AvgIpc) is 3.10. The molecule has 1 saturated carbocycles. The molecule has 1 heterocycles. The van der Waals surface area contributed by atoms with Gasteiger partial charge in [0.1, 0.15) is 4.90 Å². The van der Waals surface area contributed by atoms with Crippen molar-refractivity contribution in [2.75, 3.05) is 6.54 Å². The number of aromatic nitrogens is 1. The Morgan fingerprint density at radius 2 is 2.29 bits per heavy atom. The minimum absolute atomic E-state index is 0.0652. The smallest absolute Gasteiger partial charge is 0.246 e. The Morgan fingerprint density at radius 1 is 1.59 bits per heavy atom. The molecule has 0 atom stereocenters. The van der Waals surface area contributed by atoms with Gasteiger partial charge in [0, 0.05) is 25.0 Å². The molecule has 0 bridgehead atoms. The molecule has 0 saturated heterocycles. The third-order valence-electron chi connectivity index (χ3n) is 2.58. The minimum atomic E-state index is -3.56. The topological polar surface area (TPSA) is 50.3 Å². The maximum Gasteiger partial charge on any atom is 0.246 e. The zero-order valence-electron chi connectivity index (χ0n) is 9.21. The van der Waals surface area contributed by atoms with Crippen LogP contribution in [0.15, 0.2) is 36.0 Å². The van der Waals surface area contributed by atoms with E-state index in [9.17, 15) is 8.42 Å². The largest absolute Gasteiger partial charge is 0.263 e. The second-order valence-corrected chi connectivity index (χ2v) is 6.17. The summed E-state index contributed by atoms with van der Waals surface area (Å²) in [6, 6.07) is 1.56. The lowest BCUT2D eigenvalue weighted by molar-refractivity contribution is 0.435. The van der Waals surface area contributed by atoms with Gasteiger partial charge in [0.05, 0.1) is 5.02 Å². The molecule has 92 valence electrons. The van der Waals surface area contributed by atoms with E-state index in [2.05, 4.69) is 11.6 Å². The monoisotopic (exact) mass is 272 g/mol. The summed E-state index contributed by atoms with van der Waals surface area (Å²) in [7, 11) is -3.56. The highest BCUT2D eigenvalue weighted by Crippen LogP contribution is 2.33. The highest BCUT2D eigenvalue weighted by atomic mass is 35.5. The molecule has 0 aliphatic heterocycles. The Labute approximate surface area is 106 Å². The molecule has 4 nitrogen and oxygen atoms in total. The van der Waals surface area contributed by atoms with Crippen molar-refractivity contribution in [1.29, 1.82) is 0 Å².